The zero-order valence-corrected chi connectivity index (χ0v) is 27.8. The number of rotatable bonds is 10. The molecule has 8 aliphatic rings. The second-order valence-electron chi connectivity index (χ2n) is 15.6. The van der Waals surface area contributed by atoms with Gasteiger partial charge in [0.25, 0.3) is 0 Å². The quantitative estimate of drug-likeness (QED) is 0.258. The minimum Gasteiger partial charge on any atom is -0.297 e. The van der Waals surface area contributed by atoms with Crippen LogP contribution in [0, 0.1) is 46.3 Å². The highest BCUT2D eigenvalue weighted by Gasteiger charge is 2.61. The van der Waals surface area contributed by atoms with Gasteiger partial charge in [-0.05, 0) is 159 Å². The maximum Gasteiger partial charge on any atom is 0.159 e. The molecule has 0 heterocycles. The number of benzene rings is 2. The smallest absolute Gasteiger partial charge is 0.159 e. The fourth-order valence-corrected chi connectivity index (χ4v) is 15.1. The molecule has 0 N–H and O–H groups in total. The number of thioether (sulfide) groups is 2. The average Bonchev–Trinajstić information content (AvgIpc) is 2.93. The first kappa shape index (κ1) is 28.8. The molecule has 8 bridgehead atoms. The molecule has 8 saturated carbocycles. The van der Waals surface area contributed by atoms with Crippen molar-refractivity contribution in [2.45, 2.75) is 99.1 Å². The molecule has 0 spiro atoms. The van der Waals surface area contributed by atoms with Crippen LogP contribution in [0.5, 0.6) is 0 Å². The molecule has 224 valence electrons. The molecule has 8 fully saturated rings. The van der Waals surface area contributed by atoms with E-state index in [0.717, 1.165) is 57.1 Å². The van der Waals surface area contributed by atoms with Crippen LogP contribution in [0.2, 0.25) is 10.0 Å². The second kappa shape index (κ2) is 11.3. The van der Waals surface area contributed by atoms with E-state index in [2.05, 4.69) is 24.3 Å². The summed E-state index contributed by atoms with van der Waals surface area (Å²) in [7, 11) is 0. The molecule has 10 rings (SSSR count). The average molecular weight is 640 g/mol. The van der Waals surface area contributed by atoms with Crippen LogP contribution in [0.1, 0.15) is 88.2 Å². The van der Waals surface area contributed by atoms with Gasteiger partial charge in [-0.25, -0.2) is 0 Å². The molecule has 0 amide bonds. The third-order valence-electron chi connectivity index (χ3n) is 12.5. The predicted molar refractivity (Wildman–Crippen MR) is 179 cm³/mol. The summed E-state index contributed by atoms with van der Waals surface area (Å²) < 4.78 is 0. The Morgan fingerprint density at radius 2 is 0.857 bits per heavy atom. The van der Waals surface area contributed by atoms with E-state index in [1.54, 1.807) is 0 Å². The number of halogens is 2. The molecule has 0 saturated heterocycles. The lowest BCUT2D eigenvalue weighted by Crippen LogP contribution is -2.58. The zero-order valence-electron chi connectivity index (χ0n) is 24.6. The van der Waals surface area contributed by atoms with Gasteiger partial charge < -0.3 is 0 Å². The van der Waals surface area contributed by atoms with Crippen LogP contribution in [0.4, 0.5) is 0 Å². The molecule has 2 unspecified atom stereocenters. The van der Waals surface area contributed by atoms with E-state index in [1.165, 1.54) is 88.2 Å². The Balaban J connectivity index is 1.14. The van der Waals surface area contributed by atoms with Crippen LogP contribution >= 0.6 is 46.7 Å². The Bertz CT molecular complexity index is 1130. The van der Waals surface area contributed by atoms with E-state index < -0.39 is 0 Å². The summed E-state index contributed by atoms with van der Waals surface area (Å²) in [6.45, 7) is 0. The molecule has 8 aliphatic carbocycles. The summed E-state index contributed by atoms with van der Waals surface area (Å²) in [5, 5.41) is 1.80. The molecular formula is C37H44Cl2OS2. The van der Waals surface area contributed by atoms with Crippen LogP contribution in [-0.2, 0) is 16.3 Å². The normalized spacial score (nSPS) is 39.0. The van der Waals surface area contributed by atoms with Crippen LogP contribution < -0.4 is 0 Å². The summed E-state index contributed by atoms with van der Waals surface area (Å²) in [4.78, 5) is 15.5. The van der Waals surface area contributed by atoms with Gasteiger partial charge in [0.05, 0.1) is 10.5 Å². The van der Waals surface area contributed by atoms with Crippen LogP contribution in [0.15, 0.2) is 48.5 Å². The summed E-state index contributed by atoms with van der Waals surface area (Å²) in [6.07, 6.45) is 16.3. The van der Waals surface area contributed by atoms with Crippen molar-refractivity contribution < 1.29 is 4.79 Å². The van der Waals surface area contributed by atoms with E-state index in [1.807, 2.05) is 47.8 Å². The van der Waals surface area contributed by atoms with Gasteiger partial charge in [0.2, 0.25) is 0 Å². The molecule has 1 nitrogen and oxygen atoms in total. The Labute approximate surface area is 271 Å². The van der Waals surface area contributed by atoms with Gasteiger partial charge in [0.1, 0.15) is 0 Å². The Morgan fingerprint density at radius 3 is 1.14 bits per heavy atom. The molecule has 2 aromatic rings. The molecule has 2 atom stereocenters. The highest BCUT2D eigenvalue weighted by atomic mass is 35.5. The zero-order chi connectivity index (χ0) is 28.5. The van der Waals surface area contributed by atoms with Crippen LogP contribution in [0.3, 0.4) is 0 Å². The summed E-state index contributed by atoms with van der Waals surface area (Å²) in [5.74, 6) is 7.53. The van der Waals surface area contributed by atoms with Crippen molar-refractivity contribution in [2.24, 2.45) is 46.3 Å². The van der Waals surface area contributed by atoms with Crippen LogP contribution in [-0.4, -0.2) is 16.3 Å². The number of carbonyl (C=O) groups is 1. The van der Waals surface area contributed by atoms with Crippen LogP contribution in [0.25, 0.3) is 0 Å². The highest BCUT2D eigenvalue weighted by molar-refractivity contribution is 8.01. The lowest BCUT2D eigenvalue weighted by Gasteiger charge is -2.61. The lowest BCUT2D eigenvalue weighted by molar-refractivity contribution is -0.132. The second-order valence-corrected chi connectivity index (χ2v) is 18.7. The van der Waals surface area contributed by atoms with E-state index in [9.17, 15) is 0 Å². The number of hydrogen-bond acceptors (Lipinski definition) is 3. The SMILES string of the molecule is O=C(C(SCc1ccc(Cl)cc1)C12CC3CC(CC(C3)C1)C2)C(SCc1ccc(Cl)cc1)C12CC3CC(CC(C3)C1)C2. The number of carbonyl (C=O) groups excluding carboxylic acids is 1. The summed E-state index contributed by atoms with van der Waals surface area (Å²) in [6, 6.07) is 16.7. The number of ketones is 1. The van der Waals surface area contributed by atoms with Crippen molar-refractivity contribution in [3.05, 3.63) is 69.7 Å². The molecule has 0 aromatic heterocycles. The molecule has 42 heavy (non-hydrogen) atoms. The van der Waals surface area contributed by atoms with Crippen molar-refractivity contribution in [1.29, 1.82) is 0 Å². The van der Waals surface area contributed by atoms with Crippen molar-refractivity contribution in [2.75, 3.05) is 0 Å². The predicted octanol–water partition coefficient (Wildman–Crippen LogP) is 10.9. The molecule has 0 aliphatic heterocycles. The van der Waals surface area contributed by atoms with E-state index in [-0.39, 0.29) is 21.3 Å². The Morgan fingerprint density at radius 1 is 0.571 bits per heavy atom. The van der Waals surface area contributed by atoms with Gasteiger partial charge in [-0.3, -0.25) is 4.79 Å². The first-order chi connectivity index (χ1) is 20.3. The van der Waals surface area contributed by atoms with Gasteiger partial charge in [0, 0.05) is 21.6 Å². The Kier molecular flexibility index (Phi) is 7.77. The monoisotopic (exact) mass is 638 g/mol. The number of Topliss-reactive ketones (excluding diaryl/α,β-unsaturated/α-hetero) is 1. The van der Waals surface area contributed by atoms with Gasteiger partial charge in [0.15, 0.2) is 5.78 Å². The molecule has 5 heteroatoms. The Hall–Kier alpha value is -0.610. The van der Waals surface area contributed by atoms with Gasteiger partial charge in [-0.15, -0.1) is 23.5 Å². The minimum atomic E-state index is 0.109. The van der Waals surface area contributed by atoms with E-state index in [0.29, 0.717) is 5.78 Å². The molecule has 0 radical (unpaired) electrons. The first-order valence-corrected chi connectivity index (χ1v) is 19.5. The van der Waals surface area contributed by atoms with Gasteiger partial charge >= 0.3 is 0 Å². The minimum absolute atomic E-state index is 0.109. The highest BCUT2D eigenvalue weighted by Crippen LogP contribution is 2.66. The fraction of sp³-hybridized carbons (Fsp3) is 0.649. The van der Waals surface area contributed by atoms with E-state index >= 15 is 4.79 Å². The summed E-state index contributed by atoms with van der Waals surface area (Å²) >= 11 is 16.5. The largest absolute Gasteiger partial charge is 0.297 e. The van der Waals surface area contributed by atoms with Crippen molar-refractivity contribution in [1.82, 2.24) is 0 Å². The number of hydrogen-bond donors (Lipinski definition) is 0. The third kappa shape index (κ3) is 5.43. The van der Waals surface area contributed by atoms with Gasteiger partial charge in [-0.2, -0.15) is 0 Å². The maximum atomic E-state index is 15.5. The lowest BCUT2D eigenvalue weighted by atomic mass is 9.46. The fourth-order valence-electron chi connectivity index (χ4n) is 11.8. The molecular weight excluding hydrogens is 595 g/mol. The van der Waals surface area contributed by atoms with Gasteiger partial charge in [-0.1, -0.05) is 47.5 Å². The summed E-state index contributed by atoms with van der Waals surface area (Å²) in [5.41, 5.74) is 2.99. The van der Waals surface area contributed by atoms with E-state index in [4.69, 9.17) is 23.2 Å². The maximum absolute atomic E-state index is 15.5. The van der Waals surface area contributed by atoms with Crippen molar-refractivity contribution in [3.63, 3.8) is 0 Å². The van der Waals surface area contributed by atoms with Crippen molar-refractivity contribution in [3.8, 4) is 0 Å². The molecule has 2 aromatic carbocycles. The first-order valence-electron chi connectivity index (χ1n) is 16.6. The third-order valence-corrected chi connectivity index (χ3v) is 16.1. The van der Waals surface area contributed by atoms with Crippen molar-refractivity contribution >= 4 is 52.5 Å². The topological polar surface area (TPSA) is 17.1 Å². The standard InChI is InChI=1S/C37H44Cl2OS2/c38-31-5-1-23(2-6-31)21-41-34(36-15-25-9-26(16-36)11-27(10-25)17-36)33(40)35(42-22-24-3-7-32(39)8-4-24)37-18-28-12-29(19-37)14-30(13-28)20-37/h1-8,25-30,34-35H,9-22H2.